The fourth-order valence-corrected chi connectivity index (χ4v) is 2.80. The molecule has 2 heterocycles. The Morgan fingerprint density at radius 1 is 1.48 bits per heavy atom. The number of hydrogen-bond donors (Lipinski definition) is 1. The smallest absolute Gasteiger partial charge is 0.218 e. The largest absolute Gasteiger partial charge is 0.475 e. The Kier molecular flexibility index (Phi) is 7.13. The molecule has 1 aliphatic rings. The van der Waals surface area contributed by atoms with Crippen LogP contribution in [0.5, 0.6) is 5.88 Å². The third kappa shape index (κ3) is 5.39. The van der Waals surface area contributed by atoms with Crippen molar-refractivity contribution < 1.29 is 9.47 Å². The first-order valence-electron chi connectivity index (χ1n) is 8.25. The van der Waals surface area contributed by atoms with Crippen LogP contribution in [0.15, 0.2) is 23.3 Å². The van der Waals surface area contributed by atoms with Crippen LogP contribution in [0, 0.1) is 5.92 Å². The molecule has 0 saturated carbocycles. The van der Waals surface area contributed by atoms with Gasteiger partial charge in [-0.05, 0) is 24.8 Å². The van der Waals surface area contributed by atoms with E-state index in [1.165, 1.54) is 12.8 Å². The molecule has 1 saturated heterocycles. The van der Waals surface area contributed by atoms with Crippen LogP contribution in [0.3, 0.4) is 0 Å². The summed E-state index contributed by atoms with van der Waals surface area (Å²) in [4.78, 5) is 11.1. The topological polar surface area (TPSA) is 59.0 Å². The molecule has 23 heavy (non-hydrogen) atoms. The van der Waals surface area contributed by atoms with Crippen molar-refractivity contribution in [2.45, 2.75) is 26.3 Å². The molecule has 2 rings (SSSR count). The molecular formula is C17H28N4O2. The van der Waals surface area contributed by atoms with Crippen LogP contribution in [0.25, 0.3) is 0 Å². The van der Waals surface area contributed by atoms with Crippen molar-refractivity contribution >= 4 is 5.96 Å². The van der Waals surface area contributed by atoms with Crippen LogP contribution < -0.4 is 10.1 Å². The molecule has 1 atom stereocenters. The lowest BCUT2D eigenvalue weighted by atomic mass is 10.0. The molecule has 0 aromatic carbocycles. The van der Waals surface area contributed by atoms with E-state index >= 15 is 0 Å². The molecule has 1 N–H and O–H groups in total. The molecule has 0 radical (unpaired) electrons. The summed E-state index contributed by atoms with van der Waals surface area (Å²) in [7, 11) is 3.49. The van der Waals surface area contributed by atoms with Gasteiger partial charge in [0.1, 0.15) is 6.61 Å². The van der Waals surface area contributed by atoms with E-state index in [9.17, 15) is 0 Å². The number of aromatic nitrogens is 1. The van der Waals surface area contributed by atoms with Crippen LogP contribution >= 0.6 is 0 Å². The quantitative estimate of drug-likeness (QED) is 0.493. The van der Waals surface area contributed by atoms with Gasteiger partial charge in [0.05, 0.1) is 6.61 Å². The van der Waals surface area contributed by atoms with E-state index in [0.29, 0.717) is 31.6 Å². The maximum absolute atomic E-state index is 5.68. The van der Waals surface area contributed by atoms with Gasteiger partial charge in [-0.2, -0.15) is 0 Å². The lowest BCUT2D eigenvalue weighted by molar-refractivity contribution is 0.143. The number of likely N-dealkylation sites (tertiary alicyclic amines) is 1. The molecule has 6 nitrogen and oxygen atoms in total. The Bertz CT molecular complexity index is 507. The van der Waals surface area contributed by atoms with Gasteiger partial charge in [-0.15, -0.1) is 0 Å². The number of nitrogens with one attached hydrogen (secondary N) is 1. The predicted octanol–water partition coefficient (Wildman–Crippen LogP) is 1.91. The Labute approximate surface area is 138 Å². The van der Waals surface area contributed by atoms with Crippen molar-refractivity contribution in [3.05, 3.63) is 23.9 Å². The summed E-state index contributed by atoms with van der Waals surface area (Å²) in [6.45, 7) is 6.11. The van der Waals surface area contributed by atoms with Gasteiger partial charge in [0.2, 0.25) is 5.88 Å². The number of ether oxygens (including phenoxy) is 2. The highest BCUT2D eigenvalue weighted by atomic mass is 16.5. The van der Waals surface area contributed by atoms with E-state index in [2.05, 4.69) is 27.1 Å². The van der Waals surface area contributed by atoms with Gasteiger partial charge in [-0.25, -0.2) is 4.98 Å². The number of rotatable bonds is 6. The van der Waals surface area contributed by atoms with Gasteiger partial charge in [-0.3, -0.25) is 4.99 Å². The summed E-state index contributed by atoms with van der Waals surface area (Å²) in [5, 5.41) is 3.43. The first-order chi connectivity index (χ1) is 11.2. The molecule has 1 unspecified atom stereocenters. The standard InChI is InChI=1S/C17H28N4O2/c1-14-6-5-9-21(13-14)17(18-2)20-12-15-7-4-8-19-16(15)23-11-10-22-3/h4,7-8,14H,5-6,9-13H2,1-3H3,(H,18,20). The van der Waals surface area contributed by atoms with E-state index < -0.39 is 0 Å². The second-order valence-corrected chi connectivity index (χ2v) is 5.90. The Morgan fingerprint density at radius 2 is 2.35 bits per heavy atom. The highest BCUT2D eigenvalue weighted by Crippen LogP contribution is 2.17. The van der Waals surface area contributed by atoms with Crippen molar-refractivity contribution in [2.24, 2.45) is 10.9 Å². The van der Waals surface area contributed by atoms with Crippen molar-refractivity contribution in [1.29, 1.82) is 0 Å². The number of aliphatic imine (C=N–C) groups is 1. The van der Waals surface area contributed by atoms with Gasteiger partial charge in [0, 0.05) is 45.6 Å². The molecule has 1 aliphatic heterocycles. The third-order valence-corrected chi connectivity index (χ3v) is 3.98. The summed E-state index contributed by atoms with van der Waals surface area (Å²) in [5.74, 6) is 2.32. The molecule has 1 aromatic heterocycles. The van der Waals surface area contributed by atoms with E-state index in [1.807, 2.05) is 19.2 Å². The first kappa shape index (κ1) is 17.5. The second-order valence-electron chi connectivity index (χ2n) is 5.90. The van der Waals surface area contributed by atoms with E-state index in [1.54, 1.807) is 13.3 Å². The van der Waals surface area contributed by atoms with Crippen molar-refractivity contribution in [3.63, 3.8) is 0 Å². The minimum Gasteiger partial charge on any atom is -0.475 e. The fourth-order valence-electron chi connectivity index (χ4n) is 2.80. The Balaban J connectivity index is 1.93. The molecule has 1 fully saturated rings. The summed E-state index contributed by atoms with van der Waals surface area (Å²) < 4.78 is 10.7. The zero-order valence-electron chi connectivity index (χ0n) is 14.4. The zero-order valence-corrected chi connectivity index (χ0v) is 14.4. The lowest BCUT2D eigenvalue weighted by Crippen LogP contribution is -2.45. The Morgan fingerprint density at radius 3 is 3.09 bits per heavy atom. The SMILES string of the molecule is CN=C(NCc1cccnc1OCCOC)N1CCCC(C)C1. The van der Waals surface area contributed by atoms with Gasteiger partial charge >= 0.3 is 0 Å². The van der Waals surface area contributed by atoms with E-state index in [0.717, 1.165) is 24.6 Å². The maximum atomic E-state index is 5.68. The minimum absolute atomic E-state index is 0.499. The van der Waals surface area contributed by atoms with E-state index in [4.69, 9.17) is 9.47 Å². The normalized spacial score (nSPS) is 18.8. The molecule has 0 spiro atoms. The number of pyridine rings is 1. The molecule has 1 aromatic rings. The average Bonchev–Trinajstić information content (AvgIpc) is 2.57. The predicted molar refractivity (Wildman–Crippen MR) is 91.8 cm³/mol. The van der Waals surface area contributed by atoms with Crippen LogP contribution in [0.4, 0.5) is 0 Å². The van der Waals surface area contributed by atoms with Crippen molar-refractivity contribution in [2.75, 3.05) is 40.5 Å². The number of nitrogens with zero attached hydrogens (tertiary/aromatic N) is 3. The van der Waals surface area contributed by atoms with Crippen LogP contribution in [0.2, 0.25) is 0 Å². The molecule has 0 amide bonds. The molecular weight excluding hydrogens is 292 g/mol. The zero-order chi connectivity index (χ0) is 16.5. The molecule has 6 heteroatoms. The summed E-state index contributed by atoms with van der Waals surface area (Å²) >= 11 is 0. The fraction of sp³-hybridized carbons (Fsp3) is 0.647. The highest BCUT2D eigenvalue weighted by Gasteiger charge is 2.19. The second kappa shape index (κ2) is 9.35. The van der Waals surface area contributed by atoms with Gasteiger partial charge in [-0.1, -0.05) is 13.0 Å². The Hall–Kier alpha value is -1.82. The van der Waals surface area contributed by atoms with Gasteiger partial charge in [0.25, 0.3) is 0 Å². The minimum atomic E-state index is 0.499. The number of guanidine groups is 1. The van der Waals surface area contributed by atoms with E-state index in [-0.39, 0.29) is 0 Å². The average molecular weight is 320 g/mol. The maximum Gasteiger partial charge on any atom is 0.218 e. The number of methoxy groups -OCH3 is 1. The summed E-state index contributed by atoms with van der Waals surface area (Å²) in [6, 6.07) is 3.94. The van der Waals surface area contributed by atoms with Gasteiger partial charge in [0.15, 0.2) is 5.96 Å². The first-order valence-corrected chi connectivity index (χ1v) is 8.25. The van der Waals surface area contributed by atoms with Crippen LogP contribution in [0.1, 0.15) is 25.3 Å². The molecule has 0 aliphatic carbocycles. The third-order valence-electron chi connectivity index (χ3n) is 3.98. The summed E-state index contributed by atoms with van der Waals surface area (Å²) in [5.41, 5.74) is 1.02. The van der Waals surface area contributed by atoms with Crippen LogP contribution in [-0.2, 0) is 11.3 Å². The summed E-state index contributed by atoms with van der Waals surface area (Å²) in [6.07, 6.45) is 4.26. The molecule has 128 valence electrons. The van der Waals surface area contributed by atoms with Crippen LogP contribution in [-0.4, -0.2) is 56.3 Å². The highest BCUT2D eigenvalue weighted by molar-refractivity contribution is 5.80. The van der Waals surface area contributed by atoms with Crippen molar-refractivity contribution in [1.82, 2.24) is 15.2 Å². The monoisotopic (exact) mass is 320 g/mol. The molecule has 0 bridgehead atoms. The lowest BCUT2D eigenvalue weighted by Gasteiger charge is -2.33. The number of hydrogen-bond acceptors (Lipinski definition) is 4. The van der Waals surface area contributed by atoms with Gasteiger partial charge < -0.3 is 19.7 Å². The van der Waals surface area contributed by atoms with Crippen molar-refractivity contribution in [3.8, 4) is 5.88 Å². The number of piperidine rings is 1.